The molecule has 1 aromatic heterocycles. The molecule has 0 bridgehead atoms. The molecule has 30 heavy (non-hydrogen) atoms. The number of hydrogen-bond acceptors (Lipinski definition) is 5. The Morgan fingerprint density at radius 2 is 1.97 bits per heavy atom. The number of fused-ring (bicyclic) bond motifs is 1. The number of nitrogens with one attached hydrogen (secondary N) is 2. The molecule has 0 radical (unpaired) electrons. The van der Waals surface area contributed by atoms with Crippen LogP contribution in [0.5, 0.6) is 0 Å². The number of aromatic nitrogens is 2. The second-order valence-corrected chi connectivity index (χ2v) is 8.74. The summed E-state index contributed by atoms with van der Waals surface area (Å²) in [5, 5.41) is 12.4. The second-order valence-electron chi connectivity index (χ2n) is 8.74. The summed E-state index contributed by atoms with van der Waals surface area (Å²) in [5.74, 6) is -0.413. The van der Waals surface area contributed by atoms with Crippen molar-refractivity contribution in [2.75, 3.05) is 23.3 Å². The lowest BCUT2D eigenvalue weighted by Crippen LogP contribution is -2.41. The van der Waals surface area contributed by atoms with Crippen molar-refractivity contribution < 1.29 is 4.79 Å². The van der Waals surface area contributed by atoms with E-state index in [1.807, 2.05) is 24.3 Å². The maximum absolute atomic E-state index is 13.2. The van der Waals surface area contributed by atoms with Gasteiger partial charge in [-0.1, -0.05) is 45.0 Å². The van der Waals surface area contributed by atoms with E-state index in [0.29, 0.717) is 23.3 Å². The molecule has 1 aromatic carbocycles. The van der Waals surface area contributed by atoms with Gasteiger partial charge < -0.3 is 10.2 Å². The van der Waals surface area contributed by atoms with E-state index in [2.05, 4.69) is 47.0 Å². The number of anilines is 2. The lowest BCUT2D eigenvalue weighted by Gasteiger charge is -2.33. The standard InChI is InChI=1S/C23H27N5O2/c1-13(2)15-6-8-16(9-7-15)18-17(11-24)21(29)25-20-19(18)22(30)27-23(26-20)28-10-4-5-14(3)12-28/h6-9,13-14,17-18H,4-5,10,12H2,1-3H3,(H2,25,26,27,29,30). The number of aromatic amines is 1. The molecule has 3 atom stereocenters. The zero-order chi connectivity index (χ0) is 21.4. The molecule has 0 aliphatic carbocycles. The molecule has 3 unspecified atom stereocenters. The molecule has 0 saturated carbocycles. The van der Waals surface area contributed by atoms with Crippen LogP contribution in [0.4, 0.5) is 11.8 Å². The van der Waals surface area contributed by atoms with E-state index in [1.54, 1.807) is 0 Å². The number of H-pyrrole nitrogens is 1. The van der Waals surface area contributed by atoms with E-state index in [1.165, 1.54) is 0 Å². The van der Waals surface area contributed by atoms with Gasteiger partial charge in [0, 0.05) is 19.0 Å². The summed E-state index contributed by atoms with van der Waals surface area (Å²) >= 11 is 0. The Kier molecular flexibility index (Phi) is 5.33. The van der Waals surface area contributed by atoms with E-state index in [9.17, 15) is 14.9 Å². The highest BCUT2D eigenvalue weighted by Crippen LogP contribution is 2.38. The lowest BCUT2D eigenvalue weighted by atomic mass is 9.79. The first-order valence-electron chi connectivity index (χ1n) is 10.6. The van der Waals surface area contributed by atoms with Crippen LogP contribution >= 0.6 is 0 Å². The number of carbonyl (C=O) groups excluding carboxylic acids is 1. The van der Waals surface area contributed by atoms with E-state index in [-0.39, 0.29) is 11.4 Å². The van der Waals surface area contributed by atoms with Crippen molar-refractivity contribution in [1.29, 1.82) is 5.26 Å². The van der Waals surface area contributed by atoms with Crippen molar-refractivity contribution in [3.05, 3.63) is 51.3 Å². The Labute approximate surface area is 176 Å². The minimum absolute atomic E-state index is 0.265. The molecule has 1 amide bonds. The molecule has 2 aliphatic rings. The fraction of sp³-hybridized carbons (Fsp3) is 0.478. The van der Waals surface area contributed by atoms with Crippen LogP contribution in [0.3, 0.4) is 0 Å². The maximum Gasteiger partial charge on any atom is 0.258 e. The van der Waals surface area contributed by atoms with Crippen molar-refractivity contribution in [2.24, 2.45) is 11.8 Å². The number of nitrogens with zero attached hydrogens (tertiary/aromatic N) is 3. The average molecular weight is 406 g/mol. The zero-order valence-electron chi connectivity index (χ0n) is 17.6. The SMILES string of the molecule is CC1CCCN(c2nc3c(c(=O)[nH]2)C(c2ccc(C(C)C)cc2)C(C#N)C(=O)N3)C1. The molecule has 3 heterocycles. The van der Waals surface area contributed by atoms with E-state index < -0.39 is 17.7 Å². The van der Waals surface area contributed by atoms with Gasteiger partial charge in [0.1, 0.15) is 11.7 Å². The van der Waals surface area contributed by atoms with Crippen molar-refractivity contribution in [2.45, 2.75) is 45.4 Å². The van der Waals surface area contributed by atoms with Crippen LogP contribution in [-0.2, 0) is 4.79 Å². The Hall–Kier alpha value is -3.14. The Morgan fingerprint density at radius 3 is 2.60 bits per heavy atom. The van der Waals surface area contributed by atoms with Crippen molar-refractivity contribution in [3.8, 4) is 6.07 Å². The number of nitriles is 1. The number of benzene rings is 1. The molecular weight excluding hydrogens is 378 g/mol. The molecule has 7 nitrogen and oxygen atoms in total. The molecular formula is C23H27N5O2. The largest absolute Gasteiger partial charge is 0.342 e. The minimum atomic E-state index is -0.980. The van der Waals surface area contributed by atoms with Crippen molar-refractivity contribution in [1.82, 2.24) is 9.97 Å². The average Bonchev–Trinajstić information content (AvgIpc) is 2.72. The van der Waals surface area contributed by atoms with Crippen LogP contribution in [0.1, 0.15) is 62.1 Å². The third-order valence-corrected chi connectivity index (χ3v) is 6.17. The summed E-state index contributed by atoms with van der Waals surface area (Å²) in [4.78, 5) is 35.4. The third-order valence-electron chi connectivity index (χ3n) is 6.17. The molecule has 0 spiro atoms. The third kappa shape index (κ3) is 3.58. The highest BCUT2D eigenvalue weighted by molar-refractivity contribution is 5.98. The van der Waals surface area contributed by atoms with Crippen LogP contribution in [-0.4, -0.2) is 29.0 Å². The summed E-state index contributed by atoms with van der Waals surface area (Å²) in [5.41, 5.74) is 1.99. The Balaban J connectivity index is 1.79. The van der Waals surface area contributed by atoms with Gasteiger partial charge in [0.05, 0.1) is 11.6 Å². The summed E-state index contributed by atoms with van der Waals surface area (Å²) in [6.07, 6.45) is 2.19. The summed E-state index contributed by atoms with van der Waals surface area (Å²) in [6, 6.07) is 9.89. The molecule has 4 rings (SSSR count). The fourth-order valence-corrected chi connectivity index (χ4v) is 4.48. The summed E-state index contributed by atoms with van der Waals surface area (Å²) in [7, 11) is 0. The van der Waals surface area contributed by atoms with Gasteiger partial charge in [0.15, 0.2) is 0 Å². The van der Waals surface area contributed by atoms with Gasteiger partial charge in [-0.3, -0.25) is 14.6 Å². The van der Waals surface area contributed by atoms with E-state index in [0.717, 1.165) is 37.1 Å². The molecule has 2 aromatic rings. The Bertz CT molecular complexity index is 1050. The van der Waals surface area contributed by atoms with Crippen LogP contribution < -0.4 is 15.8 Å². The van der Waals surface area contributed by atoms with Crippen molar-refractivity contribution >= 4 is 17.7 Å². The number of piperidine rings is 1. The molecule has 2 aliphatic heterocycles. The van der Waals surface area contributed by atoms with Gasteiger partial charge in [-0.15, -0.1) is 0 Å². The second kappa shape index (κ2) is 7.94. The highest BCUT2D eigenvalue weighted by atomic mass is 16.2. The van der Waals surface area contributed by atoms with Gasteiger partial charge in [-0.05, 0) is 35.8 Å². The quantitative estimate of drug-likeness (QED) is 0.815. The van der Waals surface area contributed by atoms with Crippen LogP contribution in [0.15, 0.2) is 29.1 Å². The van der Waals surface area contributed by atoms with Gasteiger partial charge in [-0.25, -0.2) is 0 Å². The van der Waals surface area contributed by atoms with Gasteiger partial charge >= 0.3 is 0 Å². The monoisotopic (exact) mass is 405 g/mol. The minimum Gasteiger partial charge on any atom is -0.342 e. The molecule has 1 saturated heterocycles. The number of hydrogen-bond donors (Lipinski definition) is 2. The highest BCUT2D eigenvalue weighted by Gasteiger charge is 2.40. The van der Waals surface area contributed by atoms with E-state index in [4.69, 9.17) is 0 Å². The first-order chi connectivity index (χ1) is 14.4. The topological polar surface area (TPSA) is 102 Å². The van der Waals surface area contributed by atoms with Gasteiger partial charge in [0.25, 0.3) is 5.56 Å². The lowest BCUT2D eigenvalue weighted by molar-refractivity contribution is -0.119. The first-order valence-corrected chi connectivity index (χ1v) is 10.6. The zero-order valence-corrected chi connectivity index (χ0v) is 17.6. The Morgan fingerprint density at radius 1 is 1.23 bits per heavy atom. The predicted octanol–water partition coefficient (Wildman–Crippen LogP) is 3.35. The summed E-state index contributed by atoms with van der Waals surface area (Å²) in [6.45, 7) is 8.03. The normalized spacial score (nSPS) is 23.6. The molecule has 2 N–H and O–H groups in total. The first kappa shape index (κ1) is 20.1. The molecule has 1 fully saturated rings. The van der Waals surface area contributed by atoms with Crippen LogP contribution in [0.25, 0.3) is 0 Å². The molecule has 156 valence electrons. The number of amides is 1. The van der Waals surface area contributed by atoms with Crippen molar-refractivity contribution in [3.63, 3.8) is 0 Å². The number of rotatable bonds is 3. The summed E-state index contributed by atoms with van der Waals surface area (Å²) < 4.78 is 0. The fourth-order valence-electron chi connectivity index (χ4n) is 4.48. The van der Waals surface area contributed by atoms with Gasteiger partial charge in [0.2, 0.25) is 11.9 Å². The van der Waals surface area contributed by atoms with E-state index >= 15 is 0 Å². The molecule has 7 heteroatoms. The van der Waals surface area contributed by atoms with Crippen LogP contribution in [0, 0.1) is 23.2 Å². The number of carbonyl (C=O) groups is 1. The predicted molar refractivity (Wildman–Crippen MR) is 116 cm³/mol. The smallest absolute Gasteiger partial charge is 0.258 e. The van der Waals surface area contributed by atoms with Gasteiger partial charge in [-0.2, -0.15) is 10.2 Å². The maximum atomic E-state index is 13.2. The van der Waals surface area contributed by atoms with Crippen LogP contribution in [0.2, 0.25) is 0 Å².